The predicted molar refractivity (Wildman–Crippen MR) is 175 cm³/mol. The van der Waals surface area contributed by atoms with Gasteiger partial charge in [-0.05, 0) is 60.2 Å². The molecule has 0 bridgehead atoms. The van der Waals surface area contributed by atoms with Crippen LogP contribution in [0.4, 0.5) is 11.5 Å². The molecule has 1 aliphatic heterocycles. The first-order valence-corrected chi connectivity index (χ1v) is 18.7. The van der Waals surface area contributed by atoms with Crippen LogP contribution in [-0.2, 0) is 10.8 Å². The highest BCUT2D eigenvalue weighted by molar-refractivity contribution is 14.2. The Bertz CT molecular complexity index is 1440. The van der Waals surface area contributed by atoms with E-state index in [1.54, 1.807) is 30.8 Å². The van der Waals surface area contributed by atoms with Gasteiger partial charge >= 0.3 is 0 Å². The summed E-state index contributed by atoms with van der Waals surface area (Å²) in [6.45, 7) is 5.06. The molecule has 0 saturated carbocycles. The van der Waals surface area contributed by atoms with Crippen LogP contribution < -0.4 is 20.5 Å². The highest BCUT2D eigenvalue weighted by Gasteiger charge is 2.36. The lowest BCUT2D eigenvalue weighted by Crippen LogP contribution is -2.66. The standard InChI is InChI=1S/C24H23Cl2IN7OP.C2H6OS/c1-13(21-18(25)9-31-10-19(21)26)35-16-3-4-20(33-36-27)17(6-16)22(29)15-5-14(7-28)23(32-8-15)34-11-24(2,30)12-34;1-4(2)3/h3-6,8-10,13,29,33,36H,11-12,30H2,1-2H3;1-2H3/t13-;/m1./s1. The van der Waals surface area contributed by atoms with Gasteiger partial charge in [-0.3, -0.25) is 14.6 Å². The summed E-state index contributed by atoms with van der Waals surface area (Å²) in [7, 11) is -0.611. The van der Waals surface area contributed by atoms with Gasteiger partial charge in [0.2, 0.25) is 0 Å². The van der Waals surface area contributed by atoms with E-state index in [0.29, 0.717) is 63.3 Å². The van der Waals surface area contributed by atoms with Crippen LogP contribution in [0.1, 0.15) is 42.2 Å². The van der Waals surface area contributed by atoms with Gasteiger partial charge in [0.05, 0.1) is 21.3 Å². The van der Waals surface area contributed by atoms with Crippen molar-refractivity contribution >= 4 is 79.6 Å². The number of benzene rings is 1. The normalized spacial score (nSPS) is 14.7. The van der Waals surface area contributed by atoms with Crippen LogP contribution in [0.15, 0.2) is 42.9 Å². The molecular formula is C26H29Cl2IN7O2PS. The van der Waals surface area contributed by atoms with Crippen LogP contribution in [0.3, 0.4) is 0 Å². The first kappa shape index (κ1) is 32.4. The SMILES string of the molecule is CS(C)=O.C[C@@H](Oc1ccc(NPI)c(C(=N)c2cnc(N3CC(C)(N)C3)c(C#N)c2)c1)c1c(Cl)cncc1Cl. The van der Waals surface area contributed by atoms with E-state index >= 15 is 0 Å². The third kappa shape index (κ3) is 8.24. The molecule has 4 N–H and O–H groups in total. The fraction of sp³-hybridized carbons (Fsp3) is 0.308. The molecule has 9 nitrogen and oxygen atoms in total. The quantitative estimate of drug-likeness (QED) is 0.144. The van der Waals surface area contributed by atoms with Gasteiger partial charge in [-0.1, -0.05) is 23.2 Å². The van der Waals surface area contributed by atoms with Gasteiger partial charge < -0.3 is 20.5 Å². The van der Waals surface area contributed by atoms with Crippen LogP contribution in [0.2, 0.25) is 10.0 Å². The molecule has 0 radical (unpaired) electrons. The molecule has 1 unspecified atom stereocenters. The largest absolute Gasteiger partial charge is 0.486 e. The van der Waals surface area contributed by atoms with E-state index in [-0.39, 0.29) is 11.3 Å². The minimum absolute atomic E-state index is 0.216. The van der Waals surface area contributed by atoms with E-state index in [9.17, 15) is 9.47 Å². The number of halogens is 3. The lowest BCUT2D eigenvalue weighted by atomic mass is 9.93. The van der Waals surface area contributed by atoms with Crippen LogP contribution in [0, 0.1) is 16.7 Å². The van der Waals surface area contributed by atoms with Crippen LogP contribution >= 0.6 is 51.6 Å². The number of nitriles is 1. The molecule has 212 valence electrons. The van der Waals surface area contributed by atoms with E-state index < -0.39 is 16.9 Å². The van der Waals surface area contributed by atoms with Gasteiger partial charge in [0.25, 0.3) is 0 Å². The predicted octanol–water partition coefficient (Wildman–Crippen LogP) is 6.10. The third-order valence-electron chi connectivity index (χ3n) is 5.73. The maximum Gasteiger partial charge on any atom is 0.146 e. The Morgan fingerprint density at radius 3 is 2.48 bits per heavy atom. The molecule has 0 aliphatic carbocycles. The van der Waals surface area contributed by atoms with E-state index in [2.05, 4.69) is 43.2 Å². The van der Waals surface area contributed by atoms with Gasteiger partial charge in [-0.2, -0.15) is 5.26 Å². The molecule has 1 aliphatic rings. The van der Waals surface area contributed by atoms with Crippen LogP contribution in [0.25, 0.3) is 0 Å². The first-order valence-electron chi connectivity index (χ1n) is 11.9. The minimum atomic E-state index is -0.611. The summed E-state index contributed by atoms with van der Waals surface area (Å²) in [5.41, 5.74) is 9.01. The molecule has 1 fully saturated rings. The first-order chi connectivity index (χ1) is 18.9. The summed E-state index contributed by atoms with van der Waals surface area (Å²) in [4.78, 5) is 10.5. The lowest BCUT2D eigenvalue weighted by Gasteiger charge is -2.46. The van der Waals surface area contributed by atoms with Crippen molar-refractivity contribution in [1.82, 2.24) is 9.97 Å². The molecule has 4 rings (SSSR count). The number of nitrogens with zero attached hydrogens (tertiary/aromatic N) is 4. The van der Waals surface area contributed by atoms with Crippen molar-refractivity contribution in [2.24, 2.45) is 5.73 Å². The molecule has 14 heteroatoms. The van der Waals surface area contributed by atoms with Crippen molar-refractivity contribution in [3.05, 3.63) is 75.2 Å². The van der Waals surface area contributed by atoms with Gasteiger partial charge in [-0.15, -0.1) is 0 Å². The summed E-state index contributed by atoms with van der Waals surface area (Å²) in [5.74, 6) is 1.13. The summed E-state index contributed by atoms with van der Waals surface area (Å²) in [6, 6.07) is 9.38. The molecule has 1 aromatic carbocycles. The second kappa shape index (κ2) is 14.2. The highest BCUT2D eigenvalue weighted by atomic mass is 127. The van der Waals surface area contributed by atoms with Crippen molar-refractivity contribution in [2.45, 2.75) is 25.5 Å². The van der Waals surface area contributed by atoms with Crippen LogP contribution in [0.5, 0.6) is 5.75 Å². The Balaban J connectivity index is 0.00000103. The van der Waals surface area contributed by atoms with Gasteiger partial charge in [0.1, 0.15) is 23.7 Å². The number of hydrogen-bond acceptors (Lipinski definition) is 9. The highest BCUT2D eigenvalue weighted by Crippen LogP contribution is 2.36. The summed E-state index contributed by atoms with van der Waals surface area (Å²) >= 11 is 14.8. The third-order valence-corrected chi connectivity index (χ3v) is 7.51. The Kier molecular flexibility index (Phi) is 11.5. The maximum atomic E-state index is 9.75. The monoisotopic (exact) mass is 731 g/mol. The Morgan fingerprint density at radius 1 is 1.30 bits per heavy atom. The summed E-state index contributed by atoms with van der Waals surface area (Å²) in [6.07, 6.45) is 7.89. The average molecular weight is 732 g/mol. The number of pyridine rings is 2. The molecule has 3 aromatic rings. The van der Waals surface area contributed by atoms with Crippen molar-refractivity contribution in [1.29, 1.82) is 10.7 Å². The topological polar surface area (TPSA) is 141 Å². The molecule has 3 heterocycles. The molecule has 0 amide bonds. The number of aromatic nitrogens is 2. The van der Waals surface area contributed by atoms with Crippen molar-refractivity contribution in [3.63, 3.8) is 0 Å². The zero-order chi connectivity index (χ0) is 29.6. The second-order valence-corrected chi connectivity index (χ2v) is 13.9. The number of hydrogen-bond donors (Lipinski definition) is 3. The van der Waals surface area contributed by atoms with Crippen molar-refractivity contribution in [3.8, 4) is 11.8 Å². The Morgan fingerprint density at radius 2 is 1.93 bits per heavy atom. The molecule has 2 aromatic heterocycles. The zero-order valence-corrected chi connectivity index (χ0v) is 27.7. The van der Waals surface area contributed by atoms with Gasteiger partial charge in [0, 0.05) is 89.3 Å². The number of nitrogens with one attached hydrogen (secondary N) is 2. The van der Waals surface area contributed by atoms with E-state index in [0.717, 1.165) is 5.69 Å². The van der Waals surface area contributed by atoms with E-state index in [4.69, 9.17) is 39.1 Å². The van der Waals surface area contributed by atoms with Gasteiger partial charge in [-0.25, -0.2) is 4.98 Å². The molecule has 2 atom stereocenters. The summed E-state index contributed by atoms with van der Waals surface area (Å²) < 4.78 is 15.7. The minimum Gasteiger partial charge on any atom is -0.486 e. The maximum absolute atomic E-state index is 9.75. The Hall–Kier alpha value is -2.07. The number of anilines is 2. The van der Waals surface area contributed by atoms with E-state index in [1.807, 2.05) is 30.9 Å². The Labute approximate surface area is 261 Å². The zero-order valence-electron chi connectivity index (χ0n) is 22.3. The molecule has 0 spiro atoms. The fourth-order valence-electron chi connectivity index (χ4n) is 4.10. The summed E-state index contributed by atoms with van der Waals surface area (Å²) in [5, 5.41) is 22.8. The van der Waals surface area contributed by atoms with Crippen molar-refractivity contribution in [2.75, 3.05) is 35.6 Å². The average Bonchev–Trinajstić information content (AvgIpc) is 2.87. The molecular weight excluding hydrogens is 703 g/mol. The van der Waals surface area contributed by atoms with Crippen molar-refractivity contribution < 1.29 is 8.95 Å². The number of nitrogens with two attached hydrogens (primary N) is 1. The molecule has 1 saturated heterocycles. The number of ether oxygens (including phenoxy) is 1. The second-order valence-electron chi connectivity index (χ2n) is 9.54. The fourth-order valence-corrected chi connectivity index (χ4v) is 5.96. The van der Waals surface area contributed by atoms with Crippen LogP contribution in [-0.4, -0.2) is 51.0 Å². The molecule has 40 heavy (non-hydrogen) atoms. The number of rotatable bonds is 8. The smallest absolute Gasteiger partial charge is 0.146 e. The lowest BCUT2D eigenvalue weighted by molar-refractivity contribution is 0.227. The van der Waals surface area contributed by atoms with E-state index in [1.165, 1.54) is 12.4 Å². The van der Waals surface area contributed by atoms with Gasteiger partial charge in [0.15, 0.2) is 0 Å².